The van der Waals surface area contributed by atoms with Crippen LogP contribution in [0.15, 0.2) is 30.3 Å². The zero-order chi connectivity index (χ0) is 13.6. The van der Waals surface area contributed by atoms with Gasteiger partial charge in [-0.1, -0.05) is 43.7 Å². The van der Waals surface area contributed by atoms with Crippen LogP contribution in [0.25, 0.3) is 0 Å². The number of hydrogen-bond donors (Lipinski definition) is 2. The first-order valence-electron chi connectivity index (χ1n) is 7.34. The van der Waals surface area contributed by atoms with Gasteiger partial charge in [-0.3, -0.25) is 4.79 Å². The first-order valence-corrected chi connectivity index (χ1v) is 7.34. The highest BCUT2D eigenvalue weighted by molar-refractivity contribution is 5.89. The highest BCUT2D eigenvalue weighted by atomic mass is 16.2. The van der Waals surface area contributed by atoms with E-state index in [2.05, 4.69) is 29.7 Å². The third-order valence-corrected chi connectivity index (χ3v) is 3.98. The van der Waals surface area contributed by atoms with Gasteiger partial charge in [0.15, 0.2) is 0 Å². The summed E-state index contributed by atoms with van der Waals surface area (Å²) >= 11 is 0. The molecule has 19 heavy (non-hydrogen) atoms. The molecule has 1 saturated carbocycles. The first kappa shape index (κ1) is 14.1. The normalized spacial score (nSPS) is 16.7. The topological polar surface area (TPSA) is 41.1 Å². The largest absolute Gasteiger partial charge is 0.354 e. The summed E-state index contributed by atoms with van der Waals surface area (Å²) in [6.07, 6.45) is 4.23. The number of rotatable bonds is 7. The van der Waals surface area contributed by atoms with E-state index < -0.39 is 0 Å². The number of carbonyl (C=O) groups is 1. The molecular weight excluding hydrogens is 236 g/mol. The van der Waals surface area contributed by atoms with E-state index in [1.54, 1.807) is 0 Å². The van der Waals surface area contributed by atoms with Crippen LogP contribution in [0.5, 0.6) is 0 Å². The minimum absolute atomic E-state index is 0.197. The number of nitrogens with one attached hydrogen (secondary N) is 2. The molecule has 1 aliphatic rings. The van der Waals surface area contributed by atoms with E-state index >= 15 is 0 Å². The maximum Gasteiger partial charge on any atom is 0.230 e. The number of carbonyl (C=O) groups excluding carboxylic acids is 1. The number of hydrogen-bond acceptors (Lipinski definition) is 2. The van der Waals surface area contributed by atoms with E-state index in [0.29, 0.717) is 6.54 Å². The van der Waals surface area contributed by atoms with Crippen LogP contribution < -0.4 is 10.6 Å². The van der Waals surface area contributed by atoms with Crippen molar-refractivity contribution in [3.8, 4) is 0 Å². The molecule has 1 amide bonds. The fourth-order valence-corrected chi connectivity index (χ4v) is 2.67. The Bertz CT molecular complexity index is 398. The summed E-state index contributed by atoms with van der Waals surface area (Å²) in [6.45, 7) is 4.72. The number of benzene rings is 1. The summed E-state index contributed by atoms with van der Waals surface area (Å²) < 4.78 is 0. The molecule has 1 fully saturated rings. The fraction of sp³-hybridized carbons (Fsp3) is 0.562. The van der Waals surface area contributed by atoms with Crippen molar-refractivity contribution in [2.24, 2.45) is 0 Å². The van der Waals surface area contributed by atoms with Crippen molar-refractivity contribution < 1.29 is 4.79 Å². The zero-order valence-corrected chi connectivity index (χ0v) is 11.7. The summed E-state index contributed by atoms with van der Waals surface area (Å²) in [7, 11) is 0. The molecule has 104 valence electrons. The molecule has 1 aromatic carbocycles. The highest BCUT2D eigenvalue weighted by Crippen LogP contribution is 2.43. The van der Waals surface area contributed by atoms with Crippen LogP contribution >= 0.6 is 0 Å². The van der Waals surface area contributed by atoms with Crippen LogP contribution in [-0.4, -0.2) is 25.5 Å². The Morgan fingerprint density at radius 2 is 1.89 bits per heavy atom. The fourth-order valence-electron chi connectivity index (χ4n) is 2.67. The Balaban J connectivity index is 1.89. The van der Waals surface area contributed by atoms with E-state index in [1.165, 1.54) is 5.56 Å². The lowest BCUT2D eigenvalue weighted by molar-refractivity contribution is -0.129. The van der Waals surface area contributed by atoms with Gasteiger partial charge in [0, 0.05) is 13.1 Å². The third kappa shape index (κ3) is 3.16. The second-order valence-electron chi connectivity index (χ2n) is 5.31. The van der Waals surface area contributed by atoms with Crippen LogP contribution in [0.3, 0.4) is 0 Å². The maximum absolute atomic E-state index is 12.4. The summed E-state index contributed by atoms with van der Waals surface area (Å²) in [6, 6.07) is 10.2. The highest BCUT2D eigenvalue weighted by Gasteiger charge is 2.45. The monoisotopic (exact) mass is 260 g/mol. The van der Waals surface area contributed by atoms with Crippen molar-refractivity contribution >= 4 is 5.91 Å². The molecule has 2 N–H and O–H groups in total. The molecule has 0 spiro atoms. The predicted octanol–water partition coefficient (Wildman–Crippen LogP) is 2.22. The molecule has 0 radical (unpaired) electrons. The van der Waals surface area contributed by atoms with Gasteiger partial charge in [0.1, 0.15) is 0 Å². The molecule has 0 aliphatic heterocycles. The number of amides is 1. The van der Waals surface area contributed by atoms with Gasteiger partial charge in [-0.15, -0.1) is 0 Å². The molecule has 0 heterocycles. The molecule has 0 bridgehead atoms. The SMILES string of the molecule is CCCNCCNC(=O)C1(c2ccccc2)CCC1. The zero-order valence-electron chi connectivity index (χ0n) is 11.7. The van der Waals surface area contributed by atoms with Crippen molar-refractivity contribution in [1.29, 1.82) is 0 Å². The van der Waals surface area contributed by atoms with E-state index in [9.17, 15) is 4.79 Å². The average Bonchev–Trinajstić information content (AvgIpc) is 2.38. The lowest BCUT2D eigenvalue weighted by Gasteiger charge is -2.40. The maximum atomic E-state index is 12.4. The molecule has 0 atom stereocenters. The van der Waals surface area contributed by atoms with Gasteiger partial charge in [0.05, 0.1) is 5.41 Å². The Kier molecular flexibility index (Phi) is 4.97. The molecular formula is C16H24N2O. The van der Waals surface area contributed by atoms with E-state index in [0.717, 1.165) is 38.8 Å². The minimum Gasteiger partial charge on any atom is -0.354 e. The molecule has 0 saturated heterocycles. The molecule has 3 nitrogen and oxygen atoms in total. The van der Waals surface area contributed by atoms with Crippen LogP contribution in [0.1, 0.15) is 38.2 Å². The predicted molar refractivity (Wildman–Crippen MR) is 78.1 cm³/mol. The lowest BCUT2D eigenvalue weighted by Crippen LogP contribution is -2.50. The van der Waals surface area contributed by atoms with Crippen molar-refractivity contribution in [1.82, 2.24) is 10.6 Å². The van der Waals surface area contributed by atoms with Crippen LogP contribution in [-0.2, 0) is 10.2 Å². The van der Waals surface area contributed by atoms with Crippen LogP contribution in [0.2, 0.25) is 0 Å². The second kappa shape index (κ2) is 6.71. The Hall–Kier alpha value is -1.35. The second-order valence-corrected chi connectivity index (χ2v) is 5.31. The molecule has 1 aliphatic carbocycles. The molecule has 3 heteroatoms. The Labute approximate surface area is 115 Å². The van der Waals surface area contributed by atoms with Crippen LogP contribution in [0.4, 0.5) is 0 Å². The van der Waals surface area contributed by atoms with Gasteiger partial charge in [-0.25, -0.2) is 0 Å². The lowest BCUT2D eigenvalue weighted by atomic mass is 9.64. The van der Waals surface area contributed by atoms with Crippen molar-refractivity contribution in [3.05, 3.63) is 35.9 Å². The summed E-state index contributed by atoms with van der Waals surface area (Å²) in [5, 5.41) is 6.38. The quantitative estimate of drug-likeness (QED) is 0.738. The molecule has 1 aromatic rings. The van der Waals surface area contributed by atoms with Gasteiger partial charge in [-0.05, 0) is 31.4 Å². The standard InChI is InChI=1S/C16H24N2O/c1-2-11-17-12-13-18-15(19)16(9-6-10-16)14-7-4-3-5-8-14/h3-5,7-8,17H,2,6,9-13H2,1H3,(H,18,19). The van der Waals surface area contributed by atoms with Crippen LogP contribution in [0, 0.1) is 0 Å². The van der Waals surface area contributed by atoms with E-state index in [4.69, 9.17) is 0 Å². The molecule has 0 unspecified atom stereocenters. The van der Waals surface area contributed by atoms with Gasteiger partial charge in [0.25, 0.3) is 0 Å². The Morgan fingerprint density at radius 1 is 1.16 bits per heavy atom. The summed E-state index contributed by atoms with van der Waals surface area (Å²) in [4.78, 5) is 12.4. The van der Waals surface area contributed by atoms with E-state index in [-0.39, 0.29) is 11.3 Å². The molecule has 0 aromatic heterocycles. The van der Waals surface area contributed by atoms with Gasteiger partial charge >= 0.3 is 0 Å². The summed E-state index contributed by atoms with van der Waals surface area (Å²) in [5.74, 6) is 0.197. The van der Waals surface area contributed by atoms with Crippen molar-refractivity contribution in [2.45, 2.75) is 38.0 Å². The third-order valence-electron chi connectivity index (χ3n) is 3.98. The summed E-state index contributed by atoms with van der Waals surface area (Å²) in [5.41, 5.74) is 0.909. The average molecular weight is 260 g/mol. The molecule has 2 rings (SSSR count). The Morgan fingerprint density at radius 3 is 2.47 bits per heavy atom. The van der Waals surface area contributed by atoms with E-state index in [1.807, 2.05) is 18.2 Å². The van der Waals surface area contributed by atoms with Gasteiger partial charge in [0.2, 0.25) is 5.91 Å². The van der Waals surface area contributed by atoms with Gasteiger partial charge in [-0.2, -0.15) is 0 Å². The first-order chi connectivity index (χ1) is 9.29. The van der Waals surface area contributed by atoms with Crippen molar-refractivity contribution in [2.75, 3.05) is 19.6 Å². The van der Waals surface area contributed by atoms with Gasteiger partial charge < -0.3 is 10.6 Å². The van der Waals surface area contributed by atoms with Crippen molar-refractivity contribution in [3.63, 3.8) is 0 Å². The minimum atomic E-state index is -0.258. The smallest absolute Gasteiger partial charge is 0.230 e.